The molecule has 3 heteroatoms. The molecular formula is C16H26N2O. The fraction of sp³-hybridized carbons (Fsp3) is 0.625. The first-order chi connectivity index (χ1) is 9.20. The highest BCUT2D eigenvalue weighted by Crippen LogP contribution is 2.24. The second-order valence-electron chi connectivity index (χ2n) is 5.49. The van der Waals surface area contributed by atoms with E-state index in [1.54, 1.807) is 0 Å². The Morgan fingerprint density at radius 3 is 2.89 bits per heavy atom. The van der Waals surface area contributed by atoms with Gasteiger partial charge in [0.1, 0.15) is 5.75 Å². The molecule has 2 rings (SSSR count). The standard InChI is InChI=1S/C16H26N2O/c1-3-13-7-8-16(15(17)12-13)19-11-9-14-6-4-5-10-18(14)2/h7-8,12,14H,3-6,9-11,17H2,1-2H3. The van der Waals surface area contributed by atoms with Crippen LogP contribution in [0.5, 0.6) is 5.75 Å². The monoisotopic (exact) mass is 262 g/mol. The van der Waals surface area contributed by atoms with E-state index >= 15 is 0 Å². The summed E-state index contributed by atoms with van der Waals surface area (Å²) in [5.41, 5.74) is 8.03. The van der Waals surface area contributed by atoms with E-state index in [0.29, 0.717) is 6.04 Å². The summed E-state index contributed by atoms with van der Waals surface area (Å²) in [7, 11) is 2.22. The molecule has 19 heavy (non-hydrogen) atoms. The summed E-state index contributed by atoms with van der Waals surface area (Å²) >= 11 is 0. The highest BCUT2D eigenvalue weighted by Gasteiger charge is 2.18. The van der Waals surface area contributed by atoms with Crippen molar-refractivity contribution in [3.63, 3.8) is 0 Å². The number of nitrogen functional groups attached to an aromatic ring is 1. The van der Waals surface area contributed by atoms with E-state index in [2.05, 4.69) is 24.9 Å². The first kappa shape index (κ1) is 14.2. The average molecular weight is 262 g/mol. The minimum Gasteiger partial charge on any atom is -0.491 e. The summed E-state index contributed by atoms with van der Waals surface area (Å²) < 4.78 is 5.84. The van der Waals surface area contributed by atoms with Crippen LogP contribution in [0, 0.1) is 0 Å². The van der Waals surface area contributed by atoms with Crippen molar-refractivity contribution in [3.05, 3.63) is 23.8 Å². The van der Waals surface area contributed by atoms with Crippen LogP contribution in [0.2, 0.25) is 0 Å². The van der Waals surface area contributed by atoms with Crippen molar-refractivity contribution in [2.24, 2.45) is 0 Å². The lowest BCUT2D eigenvalue weighted by atomic mass is 10.0. The molecule has 106 valence electrons. The van der Waals surface area contributed by atoms with Crippen molar-refractivity contribution >= 4 is 5.69 Å². The molecule has 1 aliphatic heterocycles. The number of nitrogens with two attached hydrogens (primary N) is 1. The van der Waals surface area contributed by atoms with Crippen molar-refractivity contribution in [1.82, 2.24) is 4.90 Å². The number of nitrogens with zero attached hydrogens (tertiary/aromatic N) is 1. The molecule has 1 saturated heterocycles. The van der Waals surface area contributed by atoms with Crippen LogP contribution in [0.1, 0.15) is 38.2 Å². The SMILES string of the molecule is CCc1ccc(OCCC2CCCCN2C)c(N)c1. The normalized spacial score (nSPS) is 20.4. The average Bonchev–Trinajstić information content (AvgIpc) is 2.42. The van der Waals surface area contributed by atoms with Gasteiger partial charge in [0.05, 0.1) is 12.3 Å². The lowest BCUT2D eigenvalue weighted by Crippen LogP contribution is -2.37. The summed E-state index contributed by atoms with van der Waals surface area (Å²) in [4.78, 5) is 2.45. The first-order valence-electron chi connectivity index (χ1n) is 7.42. The van der Waals surface area contributed by atoms with Crippen LogP contribution in [0.15, 0.2) is 18.2 Å². The number of ether oxygens (including phenoxy) is 1. The number of anilines is 1. The largest absolute Gasteiger partial charge is 0.491 e. The van der Waals surface area contributed by atoms with Crippen LogP contribution >= 0.6 is 0 Å². The molecule has 1 atom stereocenters. The molecule has 1 unspecified atom stereocenters. The molecule has 1 fully saturated rings. The highest BCUT2D eigenvalue weighted by molar-refractivity contribution is 5.54. The molecule has 0 saturated carbocycles. The Morgan fingerprint density at radius 2 is 2.21 bits per heavy atom. The Kier molecular flexibility index (Phi) is 5.08. The third-order valence-corrected chi connectivity index (χ3v) is 4.11. The van der Waals surface area contributed by atoms with Crippen molar-refractivity contribution < 1.29 is 4.74 Å². The fourth-order valence-electron chi connectivity index (χ4n) is 2.76. The van der Waals surface area contributed by atoms with Gasteiger partial charge in [-0.2, -0.15) is 0 Å². The summed E-state index contributed by atoms with van der Waals surface area (Å²) in [5, 5.41) is 0. The van der Waals surface area contributed by atoms with E-state index in [4.69, 9.17) is 10.5 Å². The van der Waals surface area contributed by atoms with E-state index < -0.39 is 0 Å². The fourth-order valence-corrected chi connectivity index (χ4v) is 2.76. The zero-order chi connectivity index (χ0) is 13.7. The van der Waals surface area contributed by atoms with Crippen LogP contribution in [0.4, 0.5) is 5.69 Å². The second kappa shape index (κ2) is 6.80. The van der Waals surface area contributed by atoms with Gasteiger partial charge in [0, 0.05) is 6.04 Å². The Bertz CT molecular complexity index is 406. The highest BCUT2D eigenvalue weighted by atomic mass is 16.5. The molecule has 0 amide bonds. The van der Waals surface area contributed by atoms with Gasteiger partial charge in [0.25, 0.3) is 0 Å². The smallest absolute Gasteiger partial charge is 0.142 e. The Labute approximate surface area is 116 Å². The predicted octanol–water partition coefficient (Wildman–Crippen LogP) is 3.08. The van der Waals surface area contributed by atoms with Gasteiger partial charge in [-0.15, -0.1) is 0 Å². The third kappa shape index (κ3) is 3.87. The van der Waals surface area contributed by atoms with Crippen molar-refractivity contribution in [2.45, 2.75) is 45.1 Å². The second-order valence-corrected chi connectivity index (χ2v) is 5.49. The minimum absolute atomic E-state index is 0.671. The van der Waals surface area contributed by atoms with Gasteiger partial charge < -0.3 is 15.4 Å². The number of hydrogen-bond donors (Lipinski definition) is 1. The Morgan fingerprint density at radius 1 is 1.37 bits per heavy atom. The lowest BCUT2D eigenvalue weighted by Gasteiger charge is -2.32. The summed E-state index contributed by atoms with van der Waals surface area (Å²) in [6.45, 7) is 4.11. The molecule has 1 aliphatic rings. The van der Waals surface area contributed by atoms with Gasteiger partial charge in [-0.1, -0.05) is 19.4 Å². The number of rotatable bonds is 5. The van der Waals surface area contributed by atoms with E-state index in [1.165, 1.54) is 31.4 Å². The molecule has 3 nitrogen and oxygen atoms in total. The molecule has 0 aromatic heterocycles. The van der Waals surface area contributed by atoms with Gasteiger partial charge in [0.2, 0.25) is 0 Å². The number of benzene rings is 1. The van der Waals surface area contributed by atoms with Crippen molar-refractivity contribution in [1.29, 1.82) is 0 Å². The van der Waals surface area contributed by atoms with Crippen LogP contribution in [-0.4, -0.2) is 31.1 Å². The summed E-state index contributed by atoms with van der Waals surface area (Å²) in [5.74, 6) is 0.829. The molecule has 0 radical (unpaired) electrons. The maximum absolute atomic E-state index is 6.01. The maximum Gasteiger partial charge on any atom is 0.142 e. The Balaban J connectivity index is 1.82. The summed E-state index contributed by atoms with van der Waals surface area (Å²) in [6, 6.07) is 6.78. The molecule has 1 aromatic rings. The van der Waals surface area contributed by atoms with E-state index in [1.807, 2.05) is 12.1 Å². The molecule has 2 N–H and O–H groups in total. The van der Waals surface area contributed by atoms with Gasteiger partial charge in [-0.05, 0) is 57.0 Å². The summed E-state index contributed by atoms with van der Waals surface area (Å²) in [6.07, 6.45) is 6.08. The molecule has 0 aliphatic carbocycles. The number of likely N-dealkylation sites (tertiary alicyclic amines) is 1. The van der Waals surface area contributed by atoms with E-state index in [9.17, 15) is 0 Å². The Hall–Kier alpha value is -1.22. The zero-order valence-electron chi connectivity index (χ0n) is 12.2. The van der Waals surface area contributed by atoms with Crippen LogP contribution in [0.25, 0.3) is 0 Å². The molecule has 0 bridgehead atoms. The molecular weight excluding hydrogens is 236 g/mol. The van der Waals surface area contributed by atoms with Gasteiger partial charge in [-0.25, -0.2) is 0 Å². The van der Waals surface area contributed by atoms with Crippen LogP contribution in [-0.2, 0) is 6.42 Å². The van der Waals surface area contributed by atoms with Crippen molar-refractivity contribution in [2.75, 3.05) is 25.9 Å². The first-order valence-corrected chi connectivity index (χ1v) is 7.42. The van der Waals surface area contributed by atoms with Crippen molar-refractivity contribution in [3.8, 4) is 5.75 Å². The van der Waals surface area contributed by atoms with Gasteiger partial charge >= 0.3 is 0 Å². The zero-order valence-corrected chi connectivity index (χ0v) is 12.2. The minimum atomic E-state index is 0.671. The van der Waals surface area contributed by atoms with Gasteiger partial charge in [-0.3, -0.25) is 0 Å². The van der Waals surface area contributed by atoms with Gasteiger partial charge in [0.15, 0.2) is 0 Å². The predicted molar refractivity (Wildman–Crippen MR) is 80.6 cm³/mol. The van der Waals surface area contributed by atoms with Crippen LogP contribution < -0.4 is 10.5 Å². The number of hydrogen-bond acceptors (Lipinski definition) is 3. The van der Waals surface area contributed by atoms with Crippen LogP contribution in [0.3, 0.4) is 0 Å². The maximum atomic E-state index is 6.01. The number of aryl methyl sites for hydroxylation is 1. The molecule has 1 heterocycles. The number of piperidine rings is 1. The topological polar surface area (TPSA) is 38.5 Å². The quantitative estimate of drug-likeness (QED) is 0.829. The molecule has 0 spiro atoms. The third-order valence-electron chi connectivity index (χ3n) is 4.11. The lowest BCUT2D eigenvalue weighted by molar-refractivity contribution is 0.153. The van der Waals surface area contributed by atoms with E-state index in [-0.39, 0.29) is 0 Å². The van der Waals surface area contributed by atoms with E-state index in [0.717, 1.165) is 30.9 Å². The molecule has 1 aromatic carbocycles.